The van der Waals surface area contributed by atoms with Crippen molar-refractivity contribution in [3.05, 3.63) is 42.5 Å². The molecule has 0 spiro atoms. The minimum Gasteiger partial charge on any atom is -0.491 e. The summed E-state index contributed by atoms with van der Waals surface area (Å²) in [5.74, 6) is 0.661. The highest BCUT2D eigenvalue weighted by molar-refractivity contribution is 5.74. The van der Waals surface area contributed by atoms with Crippen LogP contribution in [0.25, 0.3) is 0 Å². The van der Waals surface area contributed by atoms with Crippen molar-refractivity contribution in [2.24, 2.45) is 0 Å². The number of benzene rings is 1. The number of carbonyl (C=O) groups is 1. The van der Waals surface area contributed by atoms with Crippen LogP contribution in [0.5, 0.6) is 5.75 Å². The fraction of sp³-hybridized carbons (Fsp3) is 0.357. The Morgan fingerprint density at radius 2 is 2.26 bits per heavy atom. The maximum atomic E-state index is 11.6. The third-order valence-corrected chi connectivity index (χ3v) is 2.47. The molecule has 0 bridgehead atoms. The summed E-state index contributed by atoms with van der Waals surface area (Å²) in [6.45, 7) is 5.98. The molecule has 0 aliphatic rings. The first kappa shape index (κ1) is 15.0. The minimum atomic E-state index is -0.260. The van der Waals surface area contributed by atoms with Crippen molar-refractivity contribution in [3.8, 4) is 5.75 Å². The molecule has 1 atom stereocenters. The Labute approximate surface area is 113 Å². The van der Waals surface area contributed by atoms with Crippen molar-refractivity contribution in [2.75, 3.05) is 13.2 Å². The van der Waals surface area contributed by atoms with E-state index < -0.39 is 0 Å². The first-order chi connectivity index (χ1) is 9.17. The van der Waals surface area contributed by atoms with Gasteiger partial charge in [-0.25, -0.2) is 4.79 Å². The van der Waals surface area contributed by atoms with Crippen LogP contribution >= 0.6 is 0 Å². The number of hydrogen-bond donors (Lipinski definition) is 3. The second kappa shape index (κ2) is 8.16. The van der Waals surface area contributed by atoms with Crippen LogP contribution < -0.4 is 15.4 Å². The summed E-state index contributed by atoms with van der Waals surface area (Å²) in [6.07, 6.45) is 1.65. The molecule has 0 heterocycles. The van der Waals surface area contributed by atoms with E-state index in [1.165, 1.54) is 0 Å². The number of aliphatic hydroxyl groups is 1. The molecule has 0 aliphatic carbocycles. The van der Waals surface area contributed by atoms with Gasteiger partial charge in [-0.05, 0) is 13.0 Å². The lowest BCUT2D eigenvalue weighted by molar-refractivity contribution is 0.200. The van der Waals surface area contributed by atoms with Crippen molar-refractivity contribution in [1.29, 1.82) is 0 Å². The smallest absolute Gasteiger partial charge is 0.315 e. The Kier molecular flexibility index (Phi) is 6.46. The summed E-state index contributed by atoms with van der Waals surface area (Å²) in [4.78, 5) is 11.6. The molecule has 104 valence electrons. The highest BCUT2D eigenvalue weighted by Crippen LogP contribution is 2.17. The lowest BCUT2D eigenvalue weighted by Gasteiger charge is -2.13. The second-order valence-corrected chi connectivity index (χ2v) is 4.03. The van der Waals surface area contributed by atoms with Gasteiger partial charge in [0.25, 0.3) is 0 Å². The molecule has 0 aromatic heterocycles. The fourth-order valence-corrected chi connectivity index (χ4v) is 1.44. The van der Waals surface area contributed by atoms with Gasteiger partial charge < -0.3 is 20.5 Å². The number of hydrogen-bond acceptors (Lipinski definition) is 3. The molecule has 1 rings (SSSR count). The highest BCUT2D eigenvalue weighted by atomic mass is 16.5. The molecule has 1 aromatic rings. The van der Waals surface area contributed by atoms with Crippen LogP contribution in [0.3, 0.4) is 0 Å². The largest absolute Gasteiger partial charge is 0.491 e. The monoisotopic (exact) mass is 264 g/mol. The van der Waals surface area contributed by atoms with Crippen LogP contribution in [0.2, 0.25) is 0 Å². The molecular formula is C14H20N2O3. The van der Waals surface area contributed by atoms with Gasteiger partial charge in [-0.1, -0.05) is 24.3 Å². The van der Waals surface area contributed by atoms with Crippen LogP contribution in [0, 0.1) is 0 Å². The molecule has 0 saturated heterocycles. The molecule has 3 N–H and O–H groups in total. The first-order valence-electron chi connectivity index (χ1n) is 6.16. The lowest BCUT2D eigenvalue weighted by atomic mass is 10.2. The van der Waals surface area contributed by atoms with Crippen molar-refractivity contribution in [2.45, 2.75) is 19.5 Å². The number of para-hydroxylation sites is 1. The normalized spacial score (nSPS) is 11.5. The zero-order chi connectivity index (χ0) is 14.1. The van der Waals surface area contributed by atoms with Gasteiger partial charge in [-0.3, -0.25) is 0 Å². The standard InChI is InChI=1S/C14H20N2O3/c1-3-11(2)16-14(18)15-10-12-6-4-5-7-13(12)19-9-8-17/h3-7,11,17H,1,8-10H2,2H3,(H2,15,16,18). The van der Waals surface area contributed by atoms with Crippen molar-refractivity contribution >= 4 is 6.03 Å². The summed E-state index contributed by atoms with van der Waals surface area (Å²) in [6, 6.07) is 7.04. The summed E-state index contributed by atoms with van der Waals surface area (Å²) in [7, 11) is 0. The summed E-state index contributed by atoms with van der Waals surface area (Å²) < 4.78 is 5.38. The summed E-state index contributed by atoms with van der Waals surface area (Å²) in [5, 5.41) is 14.2. The van der Waals surface area contributed by atoms with Gasteiger partial charge in [0, 0.05) is 18.2 Å². The molecule has 5 heteroatoms. The molecule has 0 aliphatic heterocycles. The van der Waals surface area contributed by atoms with E-state index >= 15 is 0 Å². The minimum absolute atomic E-state index is 0.0426. The molecule has 19 heavy (non-hydrogen) atoms. The Morgan fingerprint density at radius 1 is 1.53 bits per heavy atom. The molecule has 2 amide bonds. The Balaban J connectivity index is 2.52. The average Bonchev–Trinajstić information content (AvgIpc) is 2.43. The summed E-state index contributed by atoms with van der Waals surface area (Å²) >= 11 is 0. The Morgan fingerprint density at radius 3 is 2.95 bits per heavy atom. The van der Waals surface area contributed by atoms with E-state index in [1.54, 1.807) is 12.1 Å². The SMILES string of the molecule is C=CC(C)NC(=O)NCc1ccccc1OCCO. The Hall–Kier alpha value is -2.01. The molecule has 0 radical (unpaired) electrons. The van der Waals surface area contributed by atoms with Gasteiger partial charge in [-0.15, -0.1) is 6.58 Å². The van der Waals surface area contributed by atoms with E-state index in [2.05, 4.69) is 17.2 Å². The van der Waals surface area contributed by atoms with E-state index in [4.69, 9.17) is 9.84 Å². The molecule has 0 fully saturated rings. The number of aliphatic hydroxyl groups excluding tert-OH is 1. The third kappa shape index (κ3) is 5.44. The van der Waals surface area contributed by atoms with Crippen LogP contribution in [-0.4, -0.2) is 30.4 Å². The predicted molar refractivity (Wildman–Crippen MR) is 74.1 cm³/mol. The molecular weight excluding hydrogens is 244 g/mol. The van der Waals surface area contributed by atoms with Crippen LogP contribution in [0.15, 0.2) is 36.9 Å². The van der Waals surface area contributed by atoms with Gasteiger partial charge in [0.2, 0.25) is 0 Å². The molecule has 1 unspecified atom stereocenters. The summed E-state index contributed by atoms with van der Waals surface area (Å²) in [5.41, 5.74) is 0.859. The van der Waals surface area contributed by atoms with E-state index in [0.29, 0.717) is 12.3 Å². The number of amides is 2. The maximum Gasteiger partial charge on any atom is 0.315 e. The molecule has 0 saturated carbocycles. The third-order valence-electron chi connectivity index (χ3n) is 2.47. The van der Waals surface area contributed by atoms with E-state index in [9.17, 15) is 4.79 Å². The Bertz CT molecular complexity index is 421. The van der Waals surface area contributed by atoms with E-state index in [0.717, 1.165) is 5.56 Å². The number of ether oxygens (including phenoxy) is 1. The zero-order valence-corrected chi connectivity index (χ0v) is 11.1. The average molecular weight is 264 g/mol. The van der Waals surface area contributed by atoms with Gasteiger partial charge in [0.05, 0.1) is 6.61 Å². The topological polar surface area (TPSA) is 70.6 Å². The number of carbonyl (C=O) groups excluding carboxylic acids is 1. The van der Waals surface area contributed by atoms with Gasteiger partial charge in [-0.2, -0.15) is 0 Å². The molecule has 5 nitrogen and oxygen atoms in total. The van der Waals surface area contributed by atoms with Crippen molar-refractivity contribution in [3.63, 3.8) is 0 Å². The van der Waals surface area contributed by atoms with E-state index in [-0.39, 0.29) is 25.3 Å². The number of rotatable bonds is 7. The quantitative estimate of drug-likeness (QED) is 0.652. The molecule has 1 aromatic carbocycles. The highest BCUT2D eigenvalue weighted by Gasteiger charge is 2.06. The fourth-order valence-electron chi connectivity index (χ4n) is 1.44. The first-order valence-corrected chi connectivity index (χ1v) is 6.16. The van der Waals surface area contributed by atoms with Crippen LogP contribution in [0.1, 0.15) is 12.5 Å². The van der Waals surface area contributed by atoms with E-state index in [1.807, 2.05) is 25.1 Å². The maximum absolute atomic E-state index is 11.6. The van der Waals surface area contributed by atoms with Crippen LogP contribution in [0.4, 0.5) is 4.79 Å². The van der Waals surface area contributed by atoms with Crippen molar-refractivity contribution < 1.29 is 14.6 Å². The van der Waals surface area contributed by atoms with Crippen molar-refractivity contribution in [1.82, 2.24) is 10.6 Å². The van der Waals surface area contributed by atoms with Gasteiger partial charge >= 0.3 is 6.03 Å². The lowest BCUT2D eigenvalue weighted by Crippen LogP contribution is -2.39. The van der Waals surface area contributed by atoms with Gasteiger partial charge in [0.1, 0.15) is 12.4 Å². The zero-order valence-electron chi connectivity index (χ0n) is 11.1. The number of nitrogens with one attached hydrogen (secondary N) is 2. The predicted octanol–water partition coefficient (Wildman–Crippen LogP) is 1.43. The number of urea groups is 1. The second-order valence-electron chi connectivity index (χ2n) is 4.03. The van der Waals surface area contributed by atoms with Crippen LogP contribution in [-0.2, 0) is 6.54 Å². The van der Waals surface area contributed by atoms with Gasteiger partial charge in [0.15, 0.2) is 0 Å².